The van der Waals surface area contributed by atoms with Crippen LogP contribution in [0.15, 0.2) is 46.6 Å². The fourth-order valence-corrected chi connectivity index (χ4v) is 3.85. The maximum atomic E-state index is 10.5. The van der Waals surface area contributed by atoms with Gasteiger partial charge in [0.05, 0.1) is 23.4 Å². The molecule has 34 heavy (non-hydrogen) atoms. The lowest BCUT2D eigenvalue weighted by Gasteiger charge is -2.29. The lowest BCUT2D eigenvalue weighted by Crippen LogP contribution is -2.39. The highest BCUT2D eigenvalue weighted by Crippen LogP contribution is 2.24. The van der Waals surface area contributed by atoms with Crippen LogP contribution in [0.5, 0.6) is 0 Å². The second-order valence-corrected chi connectivity index (χ2v) is 11.1. The van der Waals surface area contributed by atoms with E-state index in [-0.39, 0.29) is 0 Å². The maximum absolute atomic E-state index is 10.5. The first-order valence-electron chi connectivity index (χ1n) is 13.1. The zero-order valence-electron chi connectivity index (χ0n) is 23.3. The van der Waals surface area contributed by atoms with Crippen molar-refractivity contribution in [3.63, 3.8) is 0 Å². The quantitative estimate of drug-likeness (QED) is 0.135. The van der Waals surface area contributed by atoms with Crippen molar-refractivity contribution >= 4 is 0 Å². The van der Waals surface area contributed by atoms with Crippen LogP contribution in [-0.4, -0.2) is 43.8 Å². The first-order valence-corrected chi connectivity index (χ1v) is 13.1. The number of unbranched alkanes of at least 4 members (excludes halogenated alkanes) is 1. The molecule has 0 aliphatic heterocycles. The standard InChI is InChI=1S/C30H54O4/c1-23(2)13-11-21-29(7,33)27(31)19-17-25(5)15-9-10-16-26(6)18-20-28(32)30(8,34)22-12-14-24(3)4/h13-16,27-28,31-34H,9-12,17-22H2,1-8H3/b25-15+,26-16+/t27-,28-,29?,30?/m0/s1. The van der Waals surface area contributed by atoms with Gasteiger partial charge in [-0.1, -0.05) is 46.6 Å². The van der Waals surface area contributed by atoms with Gasteiger partial charge in [0.25, 0.3) is 0 Å². The smallest absolute Gasteiger partial charge is 0.0880 e. The highest BCUT2D eigenvalue weighted by molar-refractivity contribution is 5.04. The van der Waals surface area contributed by atoms with Crippen molar-refractivity contribution in [2.45, 2.75) is 143 Å². The monoisotopic (exact) mass is 478 g/mol. The van der Waals surface area contributed by atoms with E-state index in [0.29, 0.717) is 25.7 Å². The minimum absolute atomic E-state index is 0.560. The summed E-state index contributed by atoms with van der Waals surface area (Å²) in [5.41, 5.74) is 2.79. The molecular formula is C30H54O4. The Bertz CT molecular complexity index is 627. The molecule has 4 atom stereocenters. The summed E-state index contributed by atoms with van der Waals surface area (Å²) in [5.74, 6) is 0. The Kier molecular flexibility index (Phi) is 15.9. The molecule has 0 rings (SSSR count). The minimum Gasteiger partial charge on any atom is -0.390 e. The van der Waals surface area contributed by atoms with Gasteiger partial charge in [0.1, 0.15) is 0 Å². The zero-order chi connectivity index (χ0) is 26.4. The summed E-state index contributed by atoms with van der Waals surface area (Å²) in [4.78, 5) is 0. The molecular weight excluding hydrogens is 424 g/mol. The minimum atomic E-state index is -1.06. The largest absolute Gasteiger partial charge is 0.390 e. The molecule has 0 fully saturated rings. The van der Waals surface area contributed by atoms with E-state index in [4.69, 9.17) is 0 Å². The molecule has 0 aromatic carbocycles. The van der Waals surface area contributed by atoms with E-state index in [1.165, 1.54) is 22.3 Å². The van der Waals surface area contributed by atoms with Gasteiger partial charge >= 0.3 is 0 Å². The van der Waals surface area contributed by atoms with Gasteiger partial charge in [-0.05, 0) is 120 Å². The van der Waals surface area contributed by atoms with E-state index in [0.717, 1.165) is 38.5 Å². The summed E-state index contributed by atoms with van der Waals surface area (Å²) in [7, 11) is 0. The van der Waals surface area contributed by atoms with Crippen molar-refractivity contribution in [3.8, 4) is 0 Å². The fourth-order valence-electron chi connectivity index (χ4n) is 3.85. The predicted molar refractivity (Wildman–Crippen MR) is 146 cm³/mol. The summed E-state index contributed by atoms with van der Waals surface area (Å²) in [6, 6.07) is 0. The average molecular weight is 479 g/mol. The zero-order valence-corrected chi connectivity index (χ0v) is 23.3. The van der Waals surface area contributed by atoms with Gasteiger partial charge in [0, 0.05) is 0 Å². The molecule has 0 aliphatic carbocycles. The van der Waals surface area contributed by atoms with E-state index >= 15 is 0 Å². The van der Waals surface area contributed by atoms with Crippen LogP contribution in [-0.2, 0) is 0 Å². The molecule has 0 radical (unpaired) electrons. The first kappa shape index (κ1) is 32.8. The molecule has 0 spiro atoms. The third kappa shape index (κ3) is 15.7. The average Bonchev–Trinajstić information content (AvgIpc) is 2.72. The third-order valence-electron chi connectivity index (χ3n) is 6.62. The Morgan fingerprint density at radius 2 is 0.912 bits per heavy atom. The van der Waals surface area contributed by atoms with Crippen molar-refractivity contribution in [1.82, 2.24) is 0 Å². The summed E-state index contributed by atoms with van der Waals surface area (Å²) < 4.78 is 0. The molecule has 0 saturated carbocycles. The van der Waals surface area contributed by atoms with Crippen molar-refractivity contribution < 1.29 is 20.4 Å². The third-order valence-corrected chi connectivity index (χ3v) is 6.62. The lowest BCUT2D eigenvalue weighted by molar-refractivity contribution is -0.0692. The Balaban J connectivity index is 4.36. The Morgan fingerprint density at radius 3 is 1.21 bits per heavy atom. The van der Waals surface area contributed by atoms with Crippen molar-refractivity contribution in [3.05, 3.63) is 46.6 Å². The molecule has 198 valence electrons. The SMILES string of the molecule is CC(C)=CCCC(C)(O)[C@@H](O)CC/C(C)=C/CC/C=C(\C)CC[C@H](O)C(C)(O)CCC=C(C)C. The molecule has 0 amide bonds. The Labute approximate surface area is 210 Å². The van der Waals surface area contributed by atoms with Crippen molar-refractivity contribution in [1.29, 1.82) is 0 Å². The molecule has 4 N–H and O–H groups in total. The number of allylic oxidation sites excluding steroid dienone is 8. The van der Waals surface area contributed by atoms with Crippen molar-refractivity contribution in [2.24, 2.45) is 0 Å². The first-order chi connectivity index (χ1) is 15.7. The van der Waals surface area contributed by atoms with E-state index in [2.05, 4.69) is 38.2 Å². The van der Waals surface area contributed by atoms with Gasteiger partial charge in [0.15, 0.2) is 0 Å². The second-order valence-electron chi connectivity index (χ2n) is 11.1. The highest BCUT2D eigenvalue weighted by atomic mass is 16.3. The summed E-state index contributed by atoms with van der Waals surface area (Å²) in [6.45, 7) is 15.8. The maximum Gasteiger partial charge on any atom is 0.0880 e. The molecule has 0 saturated heterocycles. The van der Waals surface area contributed by atoms with Crippen LogP contribution >= 0.6 is 0 Å². The van der Waals surface area contributed by atoms with Crippen LogP contribution in [0.2, 0.25) is 0 Å². The van der Waals surface area contributed by atoms with E-state index in [1.807, 2.05) is 27.7 Å². The van der Waals surface area contributed by atoms with Gasteiger partial charge < -0.3 is 20.4 Å². The van der Waals surface area contributed by atoms with E-state index in [9.17, 15) is 20.4 Å². The predicted octanol–water partition coefficient (Wildman–Crippen LogP) is 6.94. The molecule has 0 aromatic rings. The van der Waals surface area contributed by atoms with Gasteiger partial charge in [-0.2, -0.15) is 0 Å². The number of aliphatic hydroxyl groups excluding tert-OH is 2. The highest BCUT2D eigenvalue weighted by Gasteiger charge is 2.29. The molecule has 0 heterocycles. The molecule has 0 bridgehead atoms. The van der Waals surface area contributed by atoms with Gasteiger partial charge in [-0.3, -0.25) is 0 Å². The van der Waals surface area contributed by atoms with E-state index < -0.39 is 23.4 Å². The number of hydrogen-bond donors (Lipinski definition) is 4. The van der Waals surface area contributed by atoms with Gasteiger partial charge in [-0.15, -0.1) is 0 Å². The molecule has 4 heteroatoms. The Hall–Kier alpha value is -1.20. The van der Waals surface area contributed by atoms with Crippen LogP contribution in [0.1, 0.15) is 120 Å². The fraction of sp³-hybridized carbons (Fsp3) is 0.733. The van der Waals surface area contributed by atoms with Gasteiger partial charge in [-0.25, -0.2) is 0 Å². The van der Waals surface area contributed by atoms with Crippen LogP contribution in [0, 0.1) is 0 Å². The van der Waals surface area contributed by atoms with Crippen LogP contribution in [0.4, 0.5) is 0 Å². The van der Waals surface area contributed by atoms with Gasteiger partial charge in [0.2, 0.25) is 0 Å². The topological polar surface area (TPSA) is 80.9 Å². The van der Waals surface area contributed by atoms with Crippen molar-refractivity contribution in [2.75, 3.05) is 0 Å². The Morgan fingerprint density at radius 1 is 0.588 bits per heavy atom. The molecule has 0 aliphatic rings. The molecule has 2 unspecified atom stereocenters. The van der Waals surface area contributed by atoms with Crippen LogP contribution in [0.25, 0.3) is 0 Å². The second kappa shape index (κ2) is 16.5. The normalized spacial score (nSPS) is 18.0. The summed E-state index contributed by atoms with van der Waals surface area (Å²) in [6.07, 6.45) is 14.3. The molecule has 4 nitrogen and oxygen atoms in total. The lowest BCUT2D eigenvalue weighted by atomic mass is 9.89. The van der Waals surface area contributed by atoms with Crippen LogP contribution < -0.4 is 0 Å². The van der Waals surface area contributed by atoms with Crippen LogP contribution in [0.3, 0.4) is 0 Å². The molecule has 0 aromatic heterocycles. The number of rotatable bonds is 17. The number of aliphatic hydroxyl groups is 4. The summed E-state index contributed by atoms with van der Waals surface area (Å²) in [5, 5.41) is 41.9. The van der Waals surface area contributed by atoms with E-state index in [1.54, 1.807) is 13.8 Å². The summed E-state index contributed by atoms with van der Waals surface area (Å²) >= 11 is 0. The number of hydrogen-bond acceptors (Lipinski definition) is 4.